The summed E-state index contributed by atoms with van der Waals surface area (Å²) in [5.41, 5.74) is 7.38. The van der Waals surface area contributed by atoms with E-state index in [1.807, 2.05) is 25.1 Å². The zero-order valence-corrected chi connectivity index (χ0v) is 11.0. The topological polar surface area (TPSA) is 68.0 Å². The molecule has 1 amide bonds. The summed E-state index contributed by atoms with van der Waals surface area (Å²) in [7, 11) is 0. The molecular formula is C11H14ClN3OS. The third kappa shape index (κ3) is 3.15. The number of anilines is 1. The summed E-state index contributed by atoms with van der Waals surface area (Å²) in [5, 5.41) is 3.39. The molecule has 0 saturated heterocycles. The van der Waals surface area contributed by atoms with Gasteiger partial charge in [0.25, 0.3) is 0 Å². The Balaban J connectivity index is 0.00000144. The number of hydrogen-bond donors (Lipinski definition) is 2. The Bertz CT molecular complexity index is 526. The Morgan fingerprint density at radius 2 is 2.29 bits per heavy atom. The number of carbonyl (C=O) groups excluding carboxylic acids is 1. The molecule has 0 bridgehead atoms. The molecule has 0 spiro atoms. The zero-order valence-electron chi connectivity index (χ0n) is 9.40. The highest BCUT2D eigenvalue weighted by Gasteiger charge is 2.07. The van der Waals surface area contributed by atoms with E-state index >= 15 is 0 Å². The zero-order chi connectivity index (χ0) is 11.5. The summed E-state index contributed by atoms with van der Waals surface area (Å²) in [4.78, 5) is 15.7. The van der Waals surface area contributed by atoms with Crippen molar-refractivity contribution in [2.24, 2.45) is 5.73 Å². The number of fused-ring (bicyclic) bond motifs is 1. The highest BCUT2D eigenvalue weighted by molar-refractivity contribution is 7.22. The molecule has 0 radical (unpaired) electrons. The molecule has 0 aliphatic rings. The molecule has 1 aromatic heterocycles. The summed E-state index contributed by atoms with van der Waals surface area (Å²) in [6.45, 7) is 2.36. The van der Waals surface area contributed by atoms with Crippen LogP contribution in [0, 0.1) is 6.92 Å². The van der Waals surface area contributed by atoms with Gasteiger partial charge in [0.05, 0.1) is 10.2 Å². The molecule has 92 valence electrons. The van der Waals surface area contributed by atoms with Crippen molar-refractivity contribution in [3.8, 4) is 0 Å². The standard InChI is InChI=1S/C11H13N3OS.ClH/c1-7-3-2-4-8-10(7)14-11(16-8)13-9(15)5-6-12;/h2-4H,5-6,12H2,1H3,(H,13,14,15);1H. The first-order chi connectivity index (χ1) is 7.70. The van der Waals surface area contributed by atoms with Gasteiger partial charge in [0.15, 0.2) is 5.13 Å². The van der Waals surface area contributed by atoms with Crippen molar-refractivity contribution in [3.05, 3.63) is 23.8 Å². The Morgan fingerprint density at radius 3 is 2.94 bits per heavy atom. The van der Waals surface area contributed by atoms with Gasteiger partial charge in [0.2, 0.25) is 5.91 Å². The normalized spacial score (nSPS) is 10.0. The van der Waals surface area contributed by atoms with Crippen molar-refractivity contribution in [2.45, 2.75) is 13.3 Å². The lowest BCUT2D eigenvalue weighted by molar-refractivity contribution is -0.116. The molecule has 0 saturated carbocycles. The fourth-order valence-electron chi connectivity index (χ4n) is 1.45. The van der Waals surface area contributed by atoms with Gasteiger partial charge in [0.1, 0.15) is 0 Å². The molecule has 0 atom stereocenters. The minimum Gasteiger partial charge on any atom is -0.330 e. The van der Waals surface area contributed by atoms with Gasteiger partial charge in [-0.2, -0.15) is 0 Å². The maximum absolute atomic E-state index is 11.3. The number of rotatable bonds is 3. The van der Waals surface area contributed by atoms with E-state index in [9.17, 15) is 4.79 Å². The van der Waals surface area contributed by atoms with E-state index < -0.39 is 0 Å². The second-order valence-electron chi connectivity index (χ2n) is 3.53. The molecule has 17 heavy (non-hydrogen) atoms. The highest BCUT2D eigenvalue weighted by atomic mass is 35.5. The summed E-state index contributed by atoms with van der Waals surface area (Å²) >= 11 is 1.48. The minimum absolute atomic E-state index is 0. The van der Waals surface area contributed by atoms with Gasteiger partial charge in [-0.15, -0.1) is 12.4 Å². The average Bonchev–Trinajstić information content (AvgIpc) is 2.62. The third-order valence-electron chi connectivity index (χ3n) is 2.24. The monoisotopic (exact) mass is 271 g/mol. The largest absolute Gasteiger partial charge is 0.330 e. The van der Waals surface area contributed by atoms with Crippen LogP contribution >= 0.6 is 23.7 Å². The fraction of sp³-hybridized carbons (Fsp3) is 0.273. The first-order valence-corrected chi connectivity index (χ1v) is 5.88. The van der Waals surface area contributed by atoms with Crippen LogP contribution in [0.1, 0.15) is 12.0 Å². The van der Waals surface area contributed by atoms with Crippen LogP contribution in [-0.2, 0) is 4.79 Å². The number of carbonyl (C=O) groups is 1. The van der Waals surface area contributed by atoms with Crippen molar-refractivity contribution in [3.63, 3.8) is 0 Å². The lowest BCUT2D eigenvalue weighted by Gasteiger charge is -1.97. The average molecular weight is 272 g/mol. The van der Waals surface area contributed by atoms with E-state index in [0.29, 0.717) is 18.1 Å². The number of para-hydroxylation sites is 1. The molecule has 1 heterocycles. The van der Waals surface area contributed by atoms with Gasteiger partial charge in [0, 0.05) is 13.0 Å². The number of amides is 1. The predicted molar refractivity (Wildman–Crippen MR) is 73.9 cm³/mol. The van der Waals surface area contributed by atoms with Gasteiger partial charge in [-0.05, 0) is 18.6 Å². The van der Waals surface area contributed by atoms with E-state index in [0.717, 1.165) is 15.8 Å². The molecule has 6 heteroatoms. The van der Waals surface area contributed by atoms with Crippen LogP contribution in [0.25, 0.3) is 10.2 Å². The van der Waals surface area contributed by atoms with E-state index in [1.165, 1.54) is 11.3 Å². The van der Waals surface area contributed by atoms with Crippen LogP contribution in [-0.4, -0.2) is 17.4 Å². The Morgan fingerprint density at radius 1 is 1.53 bits per heavy atom. The predicted octanol–water partition coefficient (Wildman–Crippen LogP) is 2.31. The molecular weight excluding hydrogens is 258 g/mol. The van der Waals surface area contributed by atoms with Crippen LogP contribution in [0.3, 0.4) is 0 Å². The van der Waals surface area contributed by atoms with Crippen LogP contribution in [0.5, 0.6) is 0 Å². The maximum Gasteiger partial charge on any atom is 0.227 e. The van der Waals surface area contributed by atoms with Gasteiger partial charge in [-0.25, -0.2) is 4.98 Å². The smallest absolute Gasteiger partial charge is 0.227 e. The van der Waals surface area contributed by atoms with Crippen molar-refractivity contribution in [1.82, 2.24) is 4.98 Å². The summed E-state index contributed by atoms with van der Waals surface area (Å²) < 4.78 is 1.09. The van der Waals surface area contributed by atoms with Gasteiger partial charge >= 0.3 is 0 Å². The molecule has 4 nitrogen and oxygen atoms in total. The summed E-state index contributed by atoms with van der Waals surface area (Å²) in [6, 6.07) is 5.99. The van der Waals surface area contributed by atoms with E-state index in [1.54, 1.807) is 0 Å². The molecule has 3 N–H and O–H groups in total. The number of aromatic nitrogens is 1. The molecule has 2 rings (SSSR count). The van der Waals surface area contributed by atoms with E-state index in [-0.39, 0.29) is 18.3 Å². The second kappa shape index (κ2) is 5.95. The van der Waals surface area contributed by atoms with Gasteiger partial charge in [-0.1, -0.05) is 23.5 Å². The Labute approximate surface area is 110 Å². The van der Waals surface area contributed by atoms with Crippen LogP contribution in [0.15, 0.2) is 18.2 Å². The Kier molecular flexibility index (Phi) is 4.86. The lowest BCUT2D eigenvalue weighted by Crippen LogP contribution is -2.15. The molecule has 0 aliphatic heterocycles. The van der Waals surface area contributed by atoms with Crippen LogP contribution in [0.4, 0.5) is 5.13 Å². The van der Waals surface area contributed by atoms with Crippen molar-refractivity contribution >= 4 is 45.0 Å². The fourth-order valence-corrected chi connectivity index (χ4v) is 2.41. The number of nitrogens with one attached hydrogen (secondary N) is 1. The summed E-state index contributed by atoms with van der Waals surface area (Å²) in [6.07, 6.45) is 0.328. The molecule has 0 unspecified atom stereocenters. The number of nitrogens with two attached hydrogens (primary N) is 1. The number of hydrogen-bond acceptors (Lipinski definition) is 4. The minimum atomic E-state index is -0.0841. The molecule has 0 aliphatic carbocycles. The molecule has 1 aromatic carbocycles. The van der Waals surface area contributed by atoms with Gasteiger partial charge < -0.3 is 11.1 Å². The number of nitrogens with zero attached hydrogens (tertiary/aromatic N) is 1. The van der Waals surface area contributed by atoms with Crippen LogP contribution < -0.4 is 11.1 Å². The summed E-state index contributed by atoms with van der Waals surface area (Å²) in [5.74, 6) is -0.0841. The number of halogens is 1. The SMILES string of the molecule is Cc1cccc2sc(NC(=O)CCN)nc12.Cl. The number of aryl methyl sites for hydroxylation is 1. The maximum atomic E-state index is 11.3. The second-order valence-corrected chi connectivity index (χ2v) is 4.56. The van der Waals surface area contributed by atoms with E-state index in [4.69, 9.17) is 5.73 Å². The Hall–Kier alpha value is -1.17. The highest BCUT2D eigenvalue weighted by Crippen LogP contribution is 2.27. The lowest BCUT2D eigenvalue weighted by atomic mass is 10.2. The molecule has 0 fully saturated rings. The van der Waals surface area contributed by atoms with Crippen molar-refractivity contribution in [1.29, 1.82) is 0 Å². The first-order valence-electron chi connectivity index (χ1n) is 5.07. The first kappa shape index (κ1) is 13.9. The van der Waals surface area contributed by atoms with Crippen molar-refractivity contribution in [2.75, 3.05) is 11.9 Å². The number of thiazole rings is 1. The van der Waals surface area contributed by atoms with E-state index in [2.05, 4.69) is 10.3 Å². The van der Waals surface area contributed by atoms with Crippen LogP contribution in [0.2, 0.25) is 0 Å². The number of benzene rings is 1. The van der Waals surface area contributed by atoms with Crippen molar-refractivity contribution < 1.29 is 4.79 Å². The molecule has 2 aromatic rings. The van der Waals surface area contributed by atoms with Gasteiger partial charge in [-0.3, -0.25) is 4.79 Å². The quantitative estimate of drug-likeness (QED) is 0.900. The third-order valence-corrected chi connectivity index (χ3v) is 3.17.